The predicted octanol–water partition coefficient (Wildman–Crippen LogP) is 1.75. The number of H-pyrrole nitrogens is 1. The summed E-state index contributed by atoms with van der Waals surface area (Å²) in [6.45, 7) is 4.20. The number of halogens is 1. The maximum absolute atomic E-state index is 12.4. The van der Waals surface area contributed by atoms with Crippen molar-refractivity contribution in [2.75, 3.05) is 0 Å². The maximum atomic E-state index is 12.4. The summed E-state index contributed by atoms with van der Waals surface area (Å²) in [7, 11) is 1.78. The topological polar surface area (TPSA) is 84.8 Å². The molecule has 22 heavy (non-hydrogen) atoms. The van der Waals surface area contributed by atoms with Crippen molar-refractivity contribution >= 4 is 17.5 Å². The van der Waals surface area contributed by atoms with Crippen LogP contribution in [-0.4, -0.2) is 32.0 Å². The number of hydrogen-bond donors (Lipinski definition) is 2. The number of nitrogens with zero attached hydrogens (tertiary/aromatic N) is 3. The predicted molar refractivity (Wildman–Crippen MR) is 80.6 cm³/mol. The molecule has 118 valence electrons. The van der Waals surface area contributed by atoms with E-state index in [9.17, 15) is 4.79 Å². The smallest absolute Gasteiger partial charge is 0.272 e. The highest BCUT2D eigenvalue weighted by atomic mass is 35.5. The average Bonchev–Trinajstić information content (AvgIpc) is 2.99. The summed E-state index contributed by atoms with van der Waals surface area (Å²) in [5, 5.41) is 14.6. The lowest BCUT2D eigenvalue weighted by Gasteiger charge is -2.25. The number of rotatable bonds is 3. The minimum Gasteiger partial charge on any atom is -0.369 e. The fourth-order valence-electron chi connectivity index (χ4n) is 2.73. The van der Waals surface area contributed by atoms with Crippen molar-refractivity contribution in [3.63, 3.8) is 0 Å². The summed E-state index contributed by atoms with van der Waals surface area (Å²) in [5.74, 6) is -0.236. The number of amides is 1. The molecule has 0 unspecified atom stereocenters. The molecule has 0 aromatic carbocycles. The summed E-state index contributed by atoms with van der Waals surface area (Å²) in [6.07, 6.45) is 2.35. The highest BCUT2D eigenvalue weighted by Crippen LogP contribution is 2.30. The van der Waals surface area contributed by atoms with Gasteiger partial charge in [-0.1, -0.05) is 11.6 Å². The van der Waals surface area contributed by atoms with Gasteiger partial charge in [-0.15, -0.1) is 0 Å². The molecule has 0 bridgehead atoms. The molecule has 7 nitrogen and oxygen atoms in total. The summed E-state index contributed by atoms with van der Waals surface area (Å²) < 4.78 is 7.33. The molecule has 0 saturated heterocycles. The third kappa shape index (κ3) is 2.74. The van der Waals surface area contributed by atoms with Crippen LogP contribution in [0.2, 0.25) is 5.02 Å². The Hall–Kier alpha value is -1.86. The van der Waals surface area contributed by atoms with E-state index < -0.39 is 0 Å². The Kier molecular flexibility index (Phi) is 3.92. The summed E-state index contributed by atoms with van der Waals surface area (Å²) in [5.41, 5.74) is 2.85. The number of aromatic nitrogens is 4. The van der Waals surface area contributed by atoms with Gasteiger partial charge in [0.15, 0.2) is 5.69 Å². The summed E-state index contributed by atoms with van der Waals surface area (Å²) in [4.78, 5) is 12.4. The highest BCUT2D eigenvalue weighted by Gasteiger charge is 2.29. The Bertz CT molecular complexity index is 708. The van der Waals surface area contributed by atoms with Gasteiger partial charge in [-0.05, 0) is 13.8 Å². The van der Waals surface area contributed by atoms with Crippen LogP contribution in [0.4, 0.5) is 0 Å². The van der Waals surface area contributed by atoms with Crippen LogP contribution in [0, 0.1) is 0 Å². The number of aromatic amines is 1. The van der Waals surface area contributed by atoms with Crippen LogP contribution < -0.4 is 5.32 Å². The highest BCUT2D eigenvalue weighted by molar-refractivity contribution is 6.31. The minimum atomic E-state index is -0.236. The van der Waals surface area contributed by atoms with E-state index in [0.29, 0.717) is 22.8 Å². The van der Waals surface area contributed by atoms with E-state index in [1.807, 2.05) is 13.8 Å². The number of hydrogen-bond acceptors (Lipinski definition) is 4. The van der Waals surface area contributed by atoms with E-state index in [1.54, 1.807) is 17.9 Å². The van der Waals surface area contributed by atoms with Crippen LogP contribution in [0.15, 0.2) is 6.20 Å². The molecule has 1 aliphatic rings. The molecule has 2 atom stereocenters. The van der Waals surface area contributed by atoms with E-state index in [2.05, 4.69) is 20.6 Å². The molecule has 8 heteroatoms. The molecular weight excluding hydrogens is 306 g/mol. The van der Waals surface area contributed by atoms with Gasteiger partial charge in [-0.25, -0.2) is 0 Å². The van der Waals surface area contributed by atoms with Gasteiger partial charge in [0.25, 0.3) is 5.91 Å². The fraction of sp³-hybridized carbons (Fsp3) is 0.500. The number of fused-ring (bicyclic) bond motifs is 1. The molecule has 3 rings (SSSR count). The molecule has 0 fully saturated rings. The molecule has 0 spiro atoms. The second-order valence-electron chi connectivity index (χ2n) is 5.54. The number of aryl methyl sites for hydroxylation is 1. The monoisotopic (exact) mass is 323 g/mol. The minimum absolute atomic E-state index is 0.0666. The number of nitrogens with one attached hydrogen (secondary N) is 2. The van der Waals surface area contributed by atoms with Crippen LogP contribution in [0.5, 0.6) is 0 Å². The van der Waals surface area contributed by atoms with Gasteiger partial charge in [-0.2, -0.15) is 10.2 Å². The molecule has 2 aromatic heterocycles. The van der Waals surface area contributed by atoms with E-state index in [0.717, 1.165) is 11.3 Å². The van der Waals surface area contributed by atoms with Gasteiger partial charge >= 0.3 is 0 Å². The lowest BCUT2D eigenvalue weighted by Crippen LogP contribution is -2.27. The fourth-order valence-corrected chi connectivity index (χ4v) is 2.98. The Morgan fingerprint density at radius 1 is 1.59 bits per heavy atom. The zero-order chi connectivity index (χ0) is 15.9. The summed E-state index contributed by atoms with van der Waals surface area (Å²) >= 11 is 6.03. The van der Waals surface area contributed by atoms with Crippen LogP contribution in [0.25, 0.3) is 0 Å². The van der Waals surface area contributed by atoms with E-state index in [1.165, 1.54) is 0 Å². The molecule has 0 aliphatic carbocycles. The Balaban J connectivity index is 1.75. The van der Waals surface area contributed by atoms with Crippen molar-refractivity contribution in [2.45, 2.75) is 39.0 Å². The molecule has 3 heterocycles. The largest absolute Gasteiger partial charge is 0.369 e. The average molecular weight is 324 g/mol. The van der Waals surface area contributed by atoms with E-state index in [4.69, 9.17) is 16.3 Å². The maximum Gasteiger partial charge on any atom is 0.272 e. The molecule has 2 N–H and O–H groups in total. The molecule has 0 radical (unpaired) electrons. The summed E-state index contributed by atoms with van der Waals surface area (Å²) in [6, 6.07) is 0. The number of ether oxygens (including phenoxy) is 1. The molecule has 1 amide bonds. The van der Waals surface area contributed by atoms with Gasteiger partial charge in [-0.3, -0.25) is 14.6 Å². The van der Waals surface area contributed by atoms with Crippen molar-refractivity contribution in [1.29, 1.82) is 0 Å². The standard InChI is InChI=1S/C14H18ClN5O2/c1-7-4-9-12(8(2)22-7)17-18-13(9)14(21)16-5-11-10(15)6-20(3)19-11/h6-8H,4-5H2,1-3H3,(H,16,21)(H,17,18)/t7-,8+/m1/s1. The van der Waals surface area contributed by atoms with Crippen LogP contribution in [0.3, 0.4) is 0 Å². The van der Waals surface area contributed by atoms with Crippen LogP contribution in [0.1, 0.15) is 47.4 Å². The van der Waals surface area contributed by atoms with Crippen molar-refractivity contribution in [1.82, 2.24) is 25.3 Å². The van der Waals surface area contributed by atoms with Gasteiger partial charge in [0.1, 0.15) is 5.69 Å². The lowest BCUT2D eigenvalue weighted by molar-refractivity contribution is -0.00697. The van der Waals surface area contributed by atoms with Crippen LogP contribution in [-0.2, 0) is 24.8 Å². The van der Waals surface area contributed by atoms with Crippen molar-refractivity contribution in [2.24, 2.45) is 7.05 Å². The molecule has 2 aromatic rings. The van der Waals surface area contributed by atoms with Crippen molar-refractivity contribution in [3.8, 4) is 0 Å². The molecule has 0 saturated carbocycles. The number of carbonyl (C=O) groups is 1. The Labute approximate surface area is 133 Å². The zero-order valence-electron chi connectivity index (χ0n) is 12.7. The van der Waals surface area contributed by atoms with Gasteiger partial charge in [0, 0.05) is 25.2 Å². The molecule has 1 aliphatic heterocycles. The third-order valence-corrected chi connectivity index (χ3v) is 4.04. The zero-order valence-corrected chi connectivity index (χ0v) is 13.4. The Morgan fingerprint density at radius 2 is 2.36 bits per heavy atom. The SMILES string of the molecule is C[C@@H]1Cc2c(C(=O)NCc3nn(C)cc3Cl)n[nH]c2[C@H](C)O1. The first-order valence-electron chi connectivity index (χ1n) is 7.14. The van der Waals surface area contributed by atoms with Crippen LogP contribution >= 0.6 is 11.6 Å². The first kappa shape index (κ1) is 15.1. The quantitative estimate of drug-likeness (QED) is 0.901. The van der Waals surface area contributed by atoms with Gasteiger partial charge in [0.05, 0.1) is 29.5 Å². The first-order chi connectivity index (χ1) is 10.5. The normalized spacial score (nSPS) is 20.7. The lowest BCUT2D eigenvalue weighted by atomic mass is 9.99. The van der Waals surface area contributed by atoms with Crippen molar-refractivity contribution in [3.05, 3.63) is 33.9 Å². The van der Waals surface area contributed by atoms with E-state index >= 15 is 0 Å². The second kappa shape index (κ2) is 5.73. The molecular formula is C14H18ClN5O2. The first-order valence-corrected chi connectivity index (χ1v) is 7.52. The Morgan fingerprint density at radius 3 is 3.05 bits per heavy atom. The number of carbonyl (C=O) groups excluding carboxylic acids is 1. The van der Waals surface area contributed by atoms with Crippen molar-refractivity contribution < 1.29 is 9.53 Å². The second-order valence-corrected chi connectivity index (χ2v) is 5.94. The van der Waals surface area contributed by atoms with Gasteiger partial charge in [0.2, 0.25) is 0 Å². The van der Waals surface area contributed by atoms with E-state index in [-0.39, 0.29) is 24.7 Å². The third-order valence-electron chi connectivity index (χ3n) is 3.72. The van der Waals surface area contributed by atoms with Gasteiger partial charge < -0.3 is 10.1 Å².